The number of alkyl halides is 2. The first kappa shape index (κ1) is 21.8. The van der Waals surface area contributed by atoms with Crippen LogP contribution in [-0.4, -0.2) is 29.5 Å². The first-order chi connectivity index (χ1) is 15.1. The number of benzene rings is 2. The third-order valence-corrected chi connectivity index (χ3v) is 6.68. The van der Waals surface area contributed by atoms with Gasteiger partial charge in [-0.2, -0.15) is 0 Å². The molecule has 0 radical (unpaired) electrons. The molecular formula is C25H26F2N2OS. The van der Waals surface area contributed by atoms with E-state index >= 15 is 0 Å². The molecule has 0 saturated heterocycles. The largest absolute Gasteiger partial charge is 0.472 e. The van der Waals surface area contributed by atoms with Crippen molar-refractivity contribution in [3.8, 4) is 5.88 Å². The Bertz CT molecular complexity index is 983. The Labute approximate surface area is 186 Å². The van der Waals surface area contributed by atoms with Gasteiger partial charge in [0.2, 0.25) is 5.88 Å². The minimum Gasteiger partial charge on any atom is -0.472 e. The Morgan fingerprint density at radius 3 is 2.65 bits per heavy atom. The fourth-order valence-corrected chi connectivity index (χ4v) is 4.72. The number of nitrogens with zero attached hydrogens (tertiary/aromatic N) is 2. The molecule has 2 heterocycles. The summed E-state index contributed by atoms with van der Waals surface area (Å²) in [6, 6.07) is 21.1. The Hall–Kier alpha value is -2.44. The normalized spacial score (nSPS) is 15.0. The zero-order valence-corrected chi connectivity index (χ0v) is 18.3. The van der Waals surface area contributed by atoms with E-state index in [9.17, 15) is 8.78 Å². The number of rotatable bonds is 8. The van der Waals surface area contributed by atoms with Gasteiger partial charge in [0.25, 0.3) is 6.43 Å². The Kier molecular flexibility index (Phi) is 7.20. The summed E-state index contributed by atoms with van der Waals surface area (Å²) in [6.45, 7) is 3.40. The maximum atomic E-state index is 12.3. The summed E-state index contributed by atoms with van der Waals surface area (Å²) in [6.07, 6.45) is 0.254. The van der Waals surface area contributed by atoms with Crippen molar-refractivity contribution in [2.24, 2.45) is 0 Å². The van der Waals surface area contributed by atoms with Gasteiger partial charge in [0.05, 0.1) is 0 Å². The molecule has 4 rings (SSSR count). The van der Waals surface area contributed by atoms with Crippen LogP contribution in [-0.2, 0) is 18.7 Å². The summed E-state index contributed by atoms with van der Waals surface area (Å²) in [5.41, 5.74) is 5.18. The quantitative estimate of drug-likeness (QED) is 0.393. The van der Waals surface area contributed by atoms with Crippen LogP contribution in [0.5, 0.6) is 5.88 Å². The number of pyridine rings is 1. The predicted octanol–water partition coefficient (Wildman–Crippen LogP) is 6.14. The molecule has 0 unspecified atom stereocenters. The highest BCUT2D eigenvalue weighted by Gasteiger charge is 2.22. The van der Waals surface area contributed by atoms with E-state index in [1.807, 2.05) is 23.9 Å². The monoisotopic (exact) mass is 440 g/mol. The minimum absolute atomic E-state index is 0.186. The molecule has 31 heavy (non-hydrogen) atoms. The van der Waals surface area contributed by atoms with Crippen molar-refractivity contribution < 1.29 is 13.5 Å². The third kappa shape index (κ3) is 5.83. The second-order valence-electron chi connectivity index (χ2n) is 7.73. The smallest absolute Gasteiger partial charge is 0.272 e. The van der Waals surface area contributed by atoms with Crippen molar-refractivity contribution >= 4 is 11.8 Å². The molecule has 3 nitrogen and oxygen atoms in total. The van der Waals surface area contributed by atoms with Gasteiger partial charge in [-0.3, -0.25) is 4.90 Å². The molecule has 1 atom stereocenters. The summed E-state index contributed by atoms with van der Waals surface area (Å²) in [4.78, 5) is 7.92. The van der Waals surface area contributed by atoms with Crippen LogP contribution >= 0.6 is 11.8 Å². The summed E-state index contributed by atoms with van der Waals surface area (Å²) in [7, 11) is 0. The average Bonchev–Trinajstić information content (AvgIpc) is 2.81. The lowest BCUT2D eigenvalue weighted by Crippen LogP contribution is -2.33. The maximum Gasteiger partial charge on any atom is 0.272 e. The third-order valence-electron chi connectivity index (χ3n) is 5.61. The van der Waals surface area contributed by atoms with Crippen LogP contribution < -0.4 is 4.74 Å². The fourth-order valence-electron chi connectivity index (χ4n) is 3.80. The molecule has 1 aliphatic rings. The van der Waals surface area contributed by atoms with Crippen LogP contribution in [0.2, 0.25) is 0 Å². The number of thioether (sulfide) groups is 1. The summed E-state index contributed by atoms with van der Waals surface area (Å²) >= 11 is 1.86. The zero-order valence-electron chi connectivity index (χ0n) is 17.5. The van der Waals surface area contributed by atoms with Gasteiger partial charge in [-0.1, -0.05) is 42.5 Å². The second-order valence-corrected chi connectivity index (χ2v) is 8.78. The highest BCUT2D eigenvalue weighted by atomic mass is 32.2. The maximum absolute atomic E-state index is 12.3. The lowest BCUT2D eigenvalue weighted by Gasteiger charge is -2.34. The van der Waals surface area contributed by atoms with E-state index in [-0.39, 0.29) is 11.9 Å². The van der Waals surface area contributed by atoms with Crippen molar-refractivity contribution in [2.75, 3.05) is 13.2 Å². The van der Waals surface area contributed by atoms with Crippen molar-refractivity contribution in [1.29, 1.82) is 0 Å². The number of hydrogen-bond acceptors (Lipinski definition) is 4. The van der Waals surface area contributed by atoms with Gasteiger partial charge < -0.3 is 4.74 Å². The van der Waals surface area contributed by atoms with Crippen LogP contribution in [0, 0.1) is 0 Å². The molecule has 2 aromatic carbocycles. The Morgan fingerprint density at radius 1 is 1.06 bits per heavy atom. The topological polar surface area (TPSA) is 25.4 Å². The Balaban J connectivity index is 1.39. The van der Waals surface area contributed by atoms with Crippen LogP contribution in [0.1, 0.15) is 35.2 Å². The van der Waals surface area contributed by atoms with Crippen LogP contribution in [0.15, 0.2) is 71.8 Å². The highest BCUT2D eigenvalue weighted by molar-refractivity contribution is 7.98. The molecule has 1 aromatic heterocycles. The number of ether oxygens (including phenoxy) is 1. The molecule has 162 valence electrons. The van der Waals surface area contributed by atoms with E-state index in [2.05, 4.69) is 59.3 Å². The van der Waals surface area contributed by atoms with E-state index in [4.69, 9.17) is 4.74 Å². The van der Waals surface area contributed by atoms with Crippen molar-refractivity contribution in [3.63, 3.8) is 0 Å². The van der Waals surface area contributed by atoms with E-state index in [0.29, 0.717) is 0 Å². The average molecular weight is 441 g/mol. The van der Waals surface area contributed by atoms with Gasteiger partial charge in [0.1, 0.15) is 0 Å². The second kappa shape index (κ2) is 10.2. The molecule has 0 N–H and O–H groups in total. The van der Waals surface area contributed by atoms with Crippen LogP contribution in [0.3, 0.4) is 0 Å². The van der Waals surface area contributed by atoms with Gasteiger partial charge in [-0.15, -0.1) is 11.8 Å². The molecule has 0 fully saturated rings. The van der Waals surface area contributed by atoms with Gasteiger partial charge in [-0.25, -0.2) is 13.8 Å². The molecule has 0 saturated carbocycles. The van der Waals surface area contributed by atoms with Gasteiger partial charge in [0.15, 0.2) is 6.61 Å². The van der Waals surface area contributed by atoms with E-state index < -0.39 is 13.0 Å². The zero-order chi connectivity index (χ0) is 21.6. The fraction of sp³-hybridized carbons (Fsp3) is 0.320. The number of hydrogen-bond donors (Lipinski definition) is 0. The summed E-state index contributed by atoms with van der Waals surface area (Å²) in [5.74, 6) is 1.20. The van der Waals surface area contributed by atoms with Crippen LogP contribution in [0.4, 0.5) is 8.78 Å². The minimum atomic E-state index is -2.50. The van der Waals surface area contributed by atoms with Gasteiger partial charge in [0, 0.05) is 42.0 Å². The van der Waals surface area contributed by atoms with Gasteiger partial charge >= 0.3 is 0 Å². The number of halogens is 2. The van der Waals surface area contributed by atoms with Crippen molar-refractivity contribution in [2.45, 2.75) is 43.0 Å². The first-order valence-electron chi connectivity index (χ1n) is 10.5. The van der Waals surface area contributed by atoms with E-state index in [1.165, 1.54) is 21.6 Å². The van der Waals surface area contributed by atoms with Gasteiger partial charge in [-0.05, 0) is 47.7 Å². The predicted molar refractivity (Wildman–Crippen MR) is 121 cm³/mol. The molecule has 6 heteroatoms. The highest BCUT2D eigenvalue weighted by Crippen LogP contribution is 2.31. The summed E-state index contributed by atoms with van der Waals surface area (Å²) < 4.78 is 29.6. The molecule has 3 aromatic rings. The van der Waals surface area contributed by atoms with Crippen LogP contribution in [0.25, 0.3) is 0 Å². The molecule has 0 spiro atoms. The molecule has 0 aliphatic carbocycles. The lowest BCUT2D eigenvalue weighted by molar-refractivity contribution is 0.0795. The SMILES string of the molecule is C[C@H](c1ccc(OCC(F)F)nc1)N1CCc2ccc(SCc3ccccc3)cc2C1. The molecule has 1 aliphatic heterocycles. The molecular weight excluding hydrogens is 414 g/mol. The Morgan fingerprint density at radius 2 is 1.90 bits per heavy atom. The van der Waals surface area contributed by atoms with E-state index in [0.717, 1.165) is 30.8 Å². The standard InChI is InChI=1S/C25H26F2N2OS/c1-18(21-8-10-25(28-14-21)30-16-24(26)27)29-12-11-20-7-9-23(13-22(20)15-29)31-17-19-5-3-2-4-6-19/h2-10,13-14,18,24H,11-12,15-17H2,1H3/t18-/m1/s1. The molecule has 0 bridgehead atoms. The van der Waals surface area contributed by atoms with Crippen molar-refractivity contribution in [3.05, 3.63) is 89.1 Å². The van der Waals surface area contributed by atoms with Crippen molar-refractivity contribution in [1.82, 2.24) is 9.88 Å². The summed E-state index contributed by atoms with van der Waals surface area (Å²) in [5, 5.41) is 0. The van der Waals surface area contributed by atoms with E-state index in [1.54, 1.807) is 12.3 Å². The first-order valence-corrected chi connectivity index (χ1v) is 11.5. The number of aromatic nitrogens is 1. The molecule has 0 amide bonds. The number of fused-ring (bicyclic) bond motifs is 1. The lowest BCUT2D eigenvalue weighted by atomic mass is 9.97.